The Morgan fingerprint density at radius 3 is 2.48 bits per heavy atom. The molecule has 122 valence electrons. The topological polar surface area (TPSA) is 66.7 Å². The van der Waals surface area contributed by atoms with Crippen molar-refractivity contribution in [1.29, 1.82) is 0 Å². The highest BCUT2D eigenvalue weighted by Gasteiger charge is 2.63. The zero-order valence-corrected chi connectivity index (χ0v) is 13.5. The summed E-state index contributed by atoms with van der Waals surface area (Å²) in [5.74, 6) is 0.414. The van der Waals surface area contributed by atoms with Gasteiger partial charge < -0.3 is 0 Å². The van der Waals surface area contributed by atoms with E-state index in [-0.39, 0.29) is 27.6 Å². The molecule has 6 heteroatoms. The first-order valence-corrected chi connectivity index (χ1v) is 8.16. The van der Waals surface area contributed by atoms with Crippen molar-refractivity contribution >= 4 is 11.5 Å². The molecule has 0 amide bonds. The van der Waals surface area contributed by atoms with E-state index in [0.29, 0.717) is 5.78 Å². The van der Waals surface area contributed by atoms with Gasteiger partial charge in [0.25, 0.3) is 5.69 Å². The van der Waals surface area contributed by atoms with Crippen molar-refractivity contribution in [3.63, 3.8) is 0 Å². The van der Waals surface area contributed by atoms with Crippen molar-refractivity contribution in [2.75, 3.05) is 26.2 Å². The highest BCUT2D eigenvalue weighted by Crippen LogP contribution is 2.53. The molecule has 0 aliphatic carbocycles. The summed E-state index contributed by atoms with van der Waals surface area (Å²) in [7, 11) is 0. The second kappa shape index (κ2) is 4.61. The lowest BCUT2D eigenvalue weighted by Crippen LogP contribution is -2.75. The molecule has 4 fully saturated rings. The molecule has 1 aromatic carbocycles. The number of carbonyl (C=O) groups excluding carboxylic acids is 1. The predicted octanol–water partition coefficient (Wildman–Crippen LogP) is 2.21. The van der Waals surface area contributed by atoms with Crippen molar-refractivity contribution in [2.45, 2.75) is 26.4 Å². The van der Waals surface area contributed by atoms with Gasteiger partial charge in [0, 0.05) is 38.3 Å². The van der Waals surface area contributed by atoms with Crippen LogP contribution in [0.4, 0.5) is 5.69 Å². The zero-order chi connectivity index (χ0) is 16.4. The van der Waals surface area contributed by atoms with Gasteiger partial charge in [-0.15, -0.1) is 0 Å². The molecule has 4 aliphatic rings. The Bertz CT molecular complexity index is 686. The fourth-order valence-electron chi connectivity index (χ4n) is 4.99. The summed E-state index contributed by atoms with van der Waals surface area (Å²) in [4.78, 5) is 28.3. The van der Waals surface area contributed by atoms with Crippen LogP contribution in [0.1, 0.15) is 32.0 Å². The van der Waals surface area contributed by atoms with E-state index in [1.54, 1.807) is 12.1 Å². The maximum absolute atomic E-state index is 12.9. The molecule has 0 radical (unpaired) electrons. The number of carbonyl (C=O) groups is 1. The van der Waals surface area contributed by atoms with E-state index in [2.05, 4.69) is 23.6 Å². The number of non-ortho nitro benzene ring substituents is 1. The minimum atomic E-state index is -0.345. The number of benzene rings is 1. The maximum atomic E-state index is 12.9. The van der Waals surface area contributed by atoms with Gasteiger partial charge in [-0.05, 0) is 12.0 Å². The molecule has 2 atom stereocenters. The Kier molecular flexibility index (Phi) is 2.96. The third-order valence-corrected chi connectivity index (χ3v) is 5.89. The number of hydrogen-bond donors (Lipinski definition) is 0. The molecule has 5 rings (SSSR count). The molecule has 23 heavy (non-hydrogen) atoms. The summed E-state index contributed by atoms with van der Waals surface area (Å²) in [6.07, 6.45) is 0.909. The Morgan fingerprint density at radius 2 is 1.91 bits per heavy atom. The maximum Gasteiger partial charge on any atom is 0.269 e. The van der Waals surface area contributed by atoms with E-state index in [4.69, 9.17) is 0 Å². The predicted molar refractivity (Wildman–Crippen MR) is 84.8 cm³/mol. The fraction of sp³-hybridized carbons (Fsp3) is 0.588. The van der Waals surface area contributed by atoms with Crippen LogP contribution in [0, 0.1) is 20.9 Å². The van der Waals surface area contributed by atoms with Crippen LogP contribution >= 0.6 is 0 Å². The third-order valence-electron chi connectivity index (χ3n) is 5.89. The Hall–Kier alpha value is -1.79. The minimum Gasteiger partial charge on any atom is -0.298 e. The lowest BCUT2D eigenvalue weighted by atomic mass is 9.60. The summed E-state index contributed by atoms with van der Waals surface area (Å²) < 4.78 is 0. The third kappa shape index (κ3) is 1.91. The van der Waals surface area contributed by atoms with Crippen LogP contribution in [0.5, 0.6) is 0 Å². The van der Waals surface area contributed by atoms with Crippen molar-refractivity contribution < 1.29 is 9.72 Å². The second-order valence-corrected chi connectivity index (χ2v) is 7.56. The van der Waals surface area contributed by atoms with Crippen LogP contribution in [0.25, 0.3) is 0 Å². The molecule has 4 heterocycles. The highest BCUT2D eigenvalue weighted by molar-refractivity contribution is 5.93. The molecule has 0 aromatic heterocycles. The van der Waals surface area contributed by atoms with Crippen LogP contribution in [0.3, 0.4) is 0 Å². The van der Waals surface area contributed by atoms with Crippen LogP contribution in [-0.2, 0) is 4.79 Å². The number of rotatable bonds is 3. The van der Waals surface area contributed by atoms with E-state index < -0.39 is 0 Å². The molecule has 4 bridgehead atoms. The normalized spacial score (nSPS) is 41.3. The van der Waals surface area contributed by atoms with Crippen molar-refractivity contribution in [3.05, 3.63) is 39.9 Å². The van der Waals surface area contributed by atoms with Gasteiger partial charge in [0.15, 0.2) is 0 Å². The van der Waals surface area contributed by atoms with Gasteiger partial charge in [0.1, 0.15) is 5.78 Å². The number of ketones is 1. The van der Waals surface area contributed by atoms with Crippen LogP contribution in [0.2, 0.25) is 0 Å². The minimum absolute atomic E-state index is 0.0516. The summed E-state index contributed by atoms with van der Waals surface area (Å²) in [6.45, 7) is 7.19. The lowest BCUT2D eigenvalue weighted by molar-refractivity contribution is -0.385. The largest absolute Gasteiger partial charge is 0.298 e. The number of nitro benzene ring substituents is 1. The smallest absolute Gasteiger partial charge is 0.269 e. The fourth-order valence-corrected chi connectivity index (χ4v) is 4.99. The Morgan fingerprint density at radius 1 is 1.26 bits per heavy atom. The number of Topliss-reactive ketones (excluding diaryl/α,β-unsaturated/α-hetero) is 1. The monoisotopic (exact) mass is 315 g/mol. The standard InChI is InChI=1S/C17H21N3O3/c1-3-17-10-18-8-16(2,15(17)21)9-19(11-17)14(18)12-5-4-6-13(7-12)20(22)23/h4-7,14H,3,8-11H2,1-2H3. The number of piperidine rings is 2. The summed E-state index contributed by atoms with van der Waals surface area (Å²) in [5, 5.41) is 11.1. The molecular weight excluding hydrogens is 294 g/mol. The average Bonchev–Trinajstić information content (AvgIpc) is 2.51. The molecule has 0 N–H and O–H groups in total. The SMILES string of the molecule is CCC12CN3CC(C)(CN(C1)C3c1cccc([N+](=O)[O-])c1)C2=O. The van der Waals surface area contributed by atoms with Crippen LogP contribution in [-0.4, -0.2) is 46.7 Å². The molecule has 4 saturated heterocycles. The summed E-state index contributed by atoms with van der Waals surface area (Å²) in [5.41, 5.74) is 0.526. The van der Waals surface area contributed by atoms with Gasteiger partial charge >= 0.3 is 0 Å². The molecule has 4 aliphatic heterocycles. The van der Waals surface area contributed by atoms with E-state index in [1.807, 2.05) is 6.07 Å². The molecule has 6 nitrogen and oxygen atoms in total. The van der Waals surface area contributed by atoms with E-state index in [0.717, 1.165) is 38.2 Å². The quantitative estimate of drug-likeness (QED) is 0.632. The van der Waals surface area contributed by atoms with Gasteiger partial charge in [-0.25, -0.2) is 0 Å². The van der Waals surface area contributed by atoms with Crippen molar-refractivity contribution in [1.82, 2.24) is 9.80 Å². The Labute approximate surface area is 135 Å². The first-order valence-electron chi connectivity index (χ1n) is 8.16. The molecule has 0 saturated carbocycles. The number of nitro groups is 1. The van der Waals surface area contributed by atoms with Crippen molar-refractivity contribution in [2.24, 2.45) is 10.8 Å². The molecule has 2 unspecified atom stereocenters. The molecule has 1 aromatic rings. The van der Waals surface area contributed by atoms with E-state index in [1.165, 1.54) is 6.07 Å². The van der Waals surface area contributed by atoms with Gasteiger partial charge in [-0.3, -0.25) is 24.7 Å². The van der Waals surface area contributed by atoms with Crippen LogP contribution in [0.15, 0.2) is 24.3 Å². The zero-order valence-electron chi connectivity index (χ0n) is 13.5. The average molecular weight is 315 g/mol. The Balaban J connectivity index is 1.74. The lowest BCUT2D eigenvalue weighted by Gasteiger charge is -2.65. The first-order chi connectivity index (χ1) is 10.9. The summed E-state index contributed by atoms with van der Waals surface area (Å²) >= 11 is 0. The van der Waals surface area contributed by atoms with Gasteiger partial charge in [0.2, 0.25) is 0 Å². The van der Waals surface area contributed by atoms with Gasteiger partial charge in [0.05, 0.1) is 21.9 Å². The van der Waals surface area contributed by atoms with E-state index >= 15 is 0 Å². The van der Waals surface area contributed by atoms with Crippen molar-refractivity contribution in [3.8, 4) is 0 Å². The molecular formula is C17H21N3O3. The number of nitrogens with zero attached hydrogens (tertiary/aromatic N) is 3. The van der Waals surface area contributed by atoms with Gasteiger partial charge in [-0.1, -0.05) is 26.0 Å². The highest BCUT2D eigenvalue weighted by atomic mass is 16.6. The van der Waals surface area contributed by atoms with E-state index in [9.17, 15) is 14.9 Å². The molecule has 0 spiro atoms. The second-order valence-electron chi connectivity index (χ2n) is 7.56. The van der Waals surface area contributed by atoms with Crippen LogP contribution < -0.4 is 0 Å². The van der Waals surface area contributed by atoms with Gasteiger partial charge in [-0.2, -0.15) is 0 Å². The number of hydrogen-bond acceptors (Lipinski definition) is 5. The summed E-state index contributed by atoms with van der Waals surface area (Å²) in [6, 6.07) is 6.92. The first kappa shape index (κ1) is 14.8.